The minimum absolute atomic E-state index is 0.119. The minimum Gasteiger partial charge on any atom is -0.480 e. The van der Waals surface area contributed by atoms with Gasteiger partial charge in [-0.2, -0.15) is 0 Å². The lowest BCUT2D eigenvalue weighted by molar-refractivity contribution is -0.167. The van der Waals surface area contributed by atoms with Crippen LogP contribution < -0.4 is 0 Å². The SMILES string of the molecule is CC(=O)CN(C(=O)CBr)N(CC(=O)O)C(=O)CBr. The van der Waals surface area contributed by atoms with Gasteiger partial charge in [0.1, 0.15) is 13.1 Å². The molecule has 0 atom stereocenters. The van der Waals surface area contributed by atoms with Crippen LogP contribution >= 0.6 is 31.9 Å². The molecule has 0 radical (unpaired) electrons. The van der Waals surface area contributed by atoms with Crippen LogP contribution in [0, 0.1) is 0 Å². The fraction of sp³-hybridized carbons (Fsp3) is 0.556. The molecule has 7 nitrogen and oxygen atoms in total. The van der Waals surface area contributed by atoms with Crippen LogP contribution in [0.15, 0.2) is 0 Å². The van der Waals surface area contributed by atoms with Gasteiger partial charge in [0.25, 0.3) is 11.8 Å². The number of carbonyl (C=O) groups is 4. The van der Waals surface area contributed by atoms with Gasteiger partial charge < -0.3 is 5.11 Å². The molecule has 0 aliphatic heterocycles. The predicted molar refractivity (Wildman–Crippen MR) is 69.3 cm³/mol. The number of carboxylic acids is 1. The lowest BCUT2D eigenvalue weighted by Gasteiger charge is -2.32. The van der Waals surface area contributed by atoms with Crippen LogP contribution in [0.5, 0.6) is 0 Å². The molecule has 9 heteroatoms. The summed E-state index contributed by atoms with van der Waals surface area (Å²) >= 11 is 5.80. The third-order valence-electron chi connectivity index (χ3n) is 1.75. The van der Waals surface area contributed by atoms with Gasteiger partial charge in [-0.05, 0) is 6.92 Å². The molecule has 0 bridgehead atoms. The van der Waals surface area contributed by atoms with Crippen molar-refractivity contribution in [3.63, 3.8) is 0 Å². The van der Waals surface area contributed by atoms with Crippen molar-refractivity contribution in [2.75, 3.05) is 23.7 Å². The van der Waals surface area contributed by atoms with E-state index < -0.39 is 24.3 Å². The first kappa shape index (κ1) is 17.0. The maximum Gasteiger partial charge on any atom is 0.325 e. The molecule has 0 aliphatic carbocycles. The van der Waals surface area contributed by atoms with Crippen molar-refractivity contribution in [2.24, 2.45) is 0 Å². The van der Waals surface area contributed by atoms with Gasteiger partial charge in [0, 0.05) is 0 Å². The molecule has 0 heterocycles. The molecule has 1 N–H and O–H groups in total. The molecule has 2 amide bonds. The Bertz CT molecular complexity index is 327. The maximum atomic E-state index is 11.6. The summed E-state index contributed by atoms with van der Waals surface area (Å²) < 4.78 is 0. The number of nitrogens with zero attached hydrogens (tertiary/aromatic N) is 2. The Morgan fingerprint density at radius 3 is 1.61 bits per heavy atom. The third-order valence-corrected chi connectivity index (χ3v) is 2.71. The third kappa shape index (κ3) is 5.58. The van der Waals surface area contributed by atoms with Crippen LogP contribution in [0.25, 0.3) is 0 Å². The van der Waals surface area contributed by atoms with Gasteiger partial charge >= 0.3 is 5.97 Å². The first-order chi connectivity index (χ1) is 8.33. The second-order valence-corrected chi connectivity index (χ2v) is 4.39. The van der Waals surface area contributed by atoms with E-state index in [1.807, 2.05) is 0 Å². The van der Waals surface area contributed by atoms with Crippen molar-refractivity contribution in [1.29, 1.82) is 0 Å². The Morgan fingerprint density at radius 2 is 1.33 bits per heavy atom. The van der Waals surface area contributed by atoms with Crippen molar-refractivity contribution in [3.8, 4) is 0 Å². The highest BCUT2D eigenvalue weighted by atomic mass is 79.9. The molecule has 0 spiro atoms. The van der Waals surface area contributed by atoms with Crippen molar-refractivity contribution in [1.82, 2.24) is 10.0 Å². The Kier molecular flexibility index (Phi) is 7.76. The molecule has 0 saturated heterocycles. The molecule has 102 valence electrons. The van der Waals surface area contributed by atoms with Crippen LogP contribution in [-0.2, 0) is 19.2 Å². The van der Waals surface area contributed by atoms with Crippen molar-refractivity contribution < 1.29 is 24.3 Å². The zero-order valence-corrected chi connectivity index (χ0v) is 12.7. The second kappa shape index (κ2) is 8.20. The number of carboxylic acid groups (broad SMARTS) is 1. The van der Waals surface area contributed by atoms with E-state index in [1.54, 1.807) is 0 Å². The summed E-state index contributed by atoms with van der Waals surface area (Å²) in [7, 11) is 0. The van der Waals surface area contributed by atoms with E-state index in [-0.39, 0.29) is 23.0 Å². The smallest absolute Gasteiger partial charge is 0.325 e. The normalized spacial score (nSPS) is 9.72. The van der Waals surface area contributed by atoms with E-state index in [9.17, 15) is 19.2 Å². The number of alkyl halides is 2. The number of hydrazine groups is 1. The van der Waals surface area contributed by atoms with Gasteiger partial charge in [-0.15, -0.1) is 0 Å². The average Bonchev–Trinajstić information content (AvgIpc) is 2.30. The number of halogens is 2. The summed E-state index contributed by atoms with van der Waals surface area (Å²) in [6, 6.07) is 0. The molecule has 0 unspecified atom stereocenters. The van der Waals surface area contributed by atoms with Crippen LogP contribution in [0.3, 0.4) is 0 Å². The maximum absolute atomic E-state index is 11.6. The fourth-order valence-electron chi connectivity index (χ4n) is 1.09. The molecule has 0 saturated carbocycles. The summed E-state index contributed by atoms with van der Waals surface area (Å²) in [5, 5.41) is 10.0. The van der Waals surface area contributed by atoms with Gasteiger partial charge in [-0.25, -0.2) is 10.0 Å². The monoisotopic (exact) mass is 386 g/mol. The van der Waals surface area contributed by atoms with Crippen LogP contribution in [0.4, 0.5) is 0 Å². The number of Topliss-reactive ketones (excluding diaryl/α,β-unsaturated/α-hetero) is 1. The Balaban J connectivity index is 5.17. The number of hydrogen-bond donors (Lipinski definition) is 1. The predicted octanol–water partition coefficient (Wildman–Crippen LogP) is 0.0220. The van der Waals surface area contributed by atoms with E-state index in [1.165, 1.54) is 6.92 Å². The molecule has 0 aromatic rings. The second-order valence-electron chi connectivity index (χ2n) is 3.27. The van der Waals surface area contributed by atoms with Crippen molar-refractivity contribution in [2.45, 2.75) is 6.92 Å². The van der Waals surface area contributed by atoms with Crippen LogP contribution in [-0.4, -0.2) is 62.4 Å². The molecule has 0 rings (SSSR count). The quantitative estimate of drug-likeness (QED) is 0.512. The highest BCUT2D eigenvalue weighted by molar-refractivity contribution is 9.09. The van der Waals surface area contributed by atoms with Crippen LogP contribution in [0.2, 0.25) is 0 Å². The number of aliphatic carboxylic acids is 1. The number of rotatable bonds is 6. The van der Waals surface area contributed by atoms with Crippen molar-refractivity contribution >= 4 is 55.4 Å². The number of amides is 2. The number of ketones is 1. The Morgan fingerprint density at radius 1 is 0.944 bits per heavy atom. The number of hydrogen-bond acceptors (Lipinski definition) is 4. The summed E-state index contributed by atoms with van der Waals surface area (Å²) in [6.07, 6.45) is 0. The highest BCUT2D eigenvalue weighted by Gasteiger charge is 2.27. The molecule has 0 aromatic carbocycles. The summed E-state index contributed by atoms with van der Waals surface area (Å²) in [5.41, 5.74) is 0. The van der Waals surface area contributed by atoms with Gasteiger partial charge in [0.05, 0.1) is 10.7 Å². The van der Waals surface area contributed by atoms with Gasteiger partial charge in [0.15, 0.2) is 5.78 Å². The first-order valence-corrected chi connectivity index (χ1v) is 7.01. The standard InChI is InChI=1S/C9H12Br2N2O5/c1-6(14)4-12(7(15)2-10)13(5-9(17)18)8(16)3-11/h2-5H2,1H3,(H,17,18). The Hall–Kier alpha value is -0.960. The van der Waals surface area contributed by atoms with E-state index in [0.717, 1.165) is 10.0 Å². The molecule has 0 aliphatic rings. The molecular formula is C9H12Br2N2O5. The highest BCUT2D eigenvalue weighted by Crippen LogP contribution is 2.04. The lowest BCUT2D eigenvalue weighted by Crippen LogP contribution is -2.54. The lowest BCUT2D eigenvalue weighted by atomic mass is 10.4. The van der Waals surface area contributed by atoms with Gasteiger partial charge in [-0.1, -0.05) is 31.9 Å². The molecule has 0 aromatic heterocycles. The van der Waals surface area contributed by atoms with E-state index in [2.05, 4.69) is 31.9 Å². The largest absolute Gasteiger partial charge is 0.480 e. The molecular weight excluding hydrogens is 376 g/mol. The number of carbonyl (C=O) groups excluding carboxylic acids is 3. The summed E-state index contributed by atoms with van der Waals surface area (Å²) in [4.78, 5) is 45.0. The van der Waals surface area contributed by atoms with E-state index in [0.29, 0.717) is 0 Å². The zero-order chi connectivity index (χ0) is 14.3. The summed E-state index contributed by atoms with van der Waals surface area (Å²) in [5.74, 6) is -2.82. The average molecular weight is 388 g/mol. The first-order valence-electron chi connectivity index (χ1n) is 4.77. The Labute approximate surface area is 120 Å². The topological polar surface area (TPSA) is 95.0 Å². The van der Waals surface area contributed by atoms with E-state index >= 15 is 0 Å². The molecule has 0 fully saturated rings. The van der Waals surface area contributed by atoms with Crippen molar-refractivity contribution in [3.05, 3.63) is 0 Å². The fourth-order valence-corrected chi connectivity index (χ4v) is 1.67. The summed E-state index contributed by atoms with van der Waals surface area (Å²) in [6.45, 7) is 0.207. The van der Waals surface area contributed by atoms with Crippen LogP contribution in [0.1, 0.15) is 6.92 Å². The minimum atomic E-state index is -1.28. The van der Waals surface area contributed by atoms with E-state index in [4.69, 9.17) is 5.11 Å². The zero-order valence-electron chi connectivity index (χ0n) is 9.56. The van der Waals surface area contributed by atoms with Gasteiger partial charge in [-0.3, -0.25) is 19.2 Å². The van der Waals surface area contributed by atoms with Gasteiger partial charge in [0.2, 0.25) is 0 Å². The molecule has 18 heavy (non-hydrogen) atoms.